The maximum absolute atomic E-state index is 13.4. The van der Waals surface area contributed by atoms with Crippen LogP contribution in [0.3, 0.4) is 0 Å². The van der Waals surface area contributed by atoms with Gasteiger partial charge in [0, 0.05) is 12.9 Å². The Morgan fingerprint density at radius 2 is 1.86 bits per heavy atom. The van der Waals surface area contributed by atoms with Crippen LogP contribution in [0.5, 0.6) is 0 Å². The van der Waals surface area contributed by atoms with E-state index in [1.54, 1.807) is 12.1 Å². The second kappa shape index (κ2) is 6.03. The molecular formula is C15H15ClFNO2S. The van der Waals surface area contributed by atoms with Crippen LogP contribution in [0.1, 0.15) is 11.1 Å². The van der Waals surface area contributed by atoms with E-state index in [9.17, 15) is 12.8 Å². The monoisotopic (exact) mass is 327 g/mol. The van der Waals surface area contributed by atoms with Crippen LogP contribution in [0.2, 0.25) is 0 Å². The van der Waals surface area contributed by atoms with E-state index in [4.69, 9.17) is 11.6 Å². The Morgan fingerprint density at radius 3 is 2.48 bits per heavy atom. The third-order valence-electron chi connectivity index (χ3n) is 3.27. The first kappa shape index (κ1) is 15.8. The highest BCUT2D eigenvalue weighted by Gasteiger charge is 2.25. The number of hydrogen-bond donors (Lipinski definition) is 0. The van der Waals surface area contributed by atoms with Crippen LogP contribution in [0.4, 0.5) is 10.1 Å². The van der Waals surface area contributed by atoms with Gasteiger partial charge in [-0.25, -0.2) is 12.8 Å². The molecule has 3 nitrogen and oxygen atoms in total. The number of aryl methyl sites for hydroxylation is 1. The van der Waals surface area contributed by atoms with Gasteiger partial charge in [-0.05, 0) is 36.2 Å². The first-order valence-electron chi connectivity index (χ1n) is 6.27. The molecule has 0 unspecified atom stereocenters. The van der Waals surface area contributed by atoms with Crippen molar-refractivity contribution in [3.05, 3.63) is 59.4 Å². The molecule has 0 spiro atoms. The fraction of sp³-hybridized carbons (Fsp3) is 0.200. The summed E-state index contributed by atoms with van der Waals surface area (Å²) < 4.78 is 40.0. The van der Waals surface area contributed by atoms with Crippen LogP contribution in [0.15, 0.2) is 47.4 Å². The van der Waals surface area contributed by atoms with Crippen molar-refractivity contribution in [1.82, 2.24) is 0 Å². The maximum atomic E-state index is 13.4. The van der Waals surface area contributed by atoms with Gasteiger partial charge in [-0.3, -0.25) is 4.31 Å². The van der Waals surface area contributed by atoms with Crippen molar-refractivity contribution in [2.24, 2.45) is 0 Å². The third-order valence-corrected chi connectivity index (χ3v) is 5.41. The zero-order valence-electron chi connectivity index (χ0n) is 11.7. The minimum atomic E-state index is -3.87. The molecule has 112 valence electrons. The van der Waals surface area contributed by atoms with Gasteiger partial charge in [0.1, 0.15) is 5.82 Å². The summed E-state index contributed by atoms with van der Waals surface area (Å²) in [5.74, 6) is -0.614. The molecule has 0 saturated carbocycles. The van der Waals surface area contributed by atoms with Gasteiger partial charge in [0.15, 0.2) is 0 Å². The van der Waals surface area contributed by atoms with E-state index in [1.165, 1.54) is 19.2 Å². The number of rotatable bonds is 4. The summed E-state index contributed by atoms with van der Waals surface area (Å²) in [5.41, 5.74) is 1.73. The summed E-state index contributed by atoms with van der Waals surface area (Å²) in [4.78, 5) is -0.108. The van der Waals surface area contributed by atoms with Gasteiger partial charge in [-0.15, -0.1) is 11.6 Å². The first-order valence-corrected chi connectivity index (χ1v) is 8.24. The minimum Gasteiger partial charge on any atom is -0.269 e. The molecule has 0 N–H and O–H groups in total. The zero-order chi connectivity index (χ0) is 15.6. The molecule has 6 heteroatoms. The summed E-state index contributed by atoms with van der Waals surface area (Å²) in [6.45, 7) is 1.81. The highest BCUT2D eigenvalue weighted by atomic mass is 35.5. The SMILES string of the molecule is Cc1ccccc1N(C)S(=O)(=O)c1cc(F)ccc1CCl. The summed E-state index contributed by atoms with van der Waals surface area (Å²) in [7, 11) is -2.43. The number of para-hydroxylation sites is 1. The molecule has 21 heavy (non-hydrogen) atoms. The predicted octanol–water partition coefficient (Wildman–Crippen LogP) is 3.70. The summed E-state index contributed by atoms with van der Waals surface area (Å²) >= 11 is 5.77. The molecule has 2 rings (SSSR count). The van der Waals surface area contributed by atoms with Crippen LogP contribution in [0.25, 0.3) is 0 Å². The average Bonchev–Trinajstić information content (AvgIpc) is 2.47. The third kappa shape index (κ3) is 3.04. The quantitative estimate of drug-likeness (QED) is 0.803. The van der Waals surface area contributed by atoms with Crippen LogP contribution < -0.4 is 4.31 Å². The van der Waals surface area contributed by atoms with E-state index in [-0.39, 0.29) is 10.8 Å². The molecule has 0 saturated heterocycles. The Bertz CT molecular complexity index is 762. The van der Waals surface area contributed by atoms with Gasteiger partial charge in [0.25, 0.3) is 10.0 Å². The Labute approximate surface area is 129 Å². The van der Waals surface area contributed by atoms with E-state index in [0.717, 1.165) is 15.9 Å². The van der Waals surface area contributed by atoms with Gasteiger partial charge < -0.3 is 0 Å². The summed E-state index contributed by atoms with van der Waals surface area (Å²) in [5, 5.41) is 0. The van der Waals surface area contributed by atoms with E-state index in [2.05, 4.69) is 0 Å². The van der Waals surface area contributed by atoms with Crippen LogP contribution in [-0.4, -0.2) is 15.5 Å². The average molecular weight is 328 g/mol. The van der Waals surface area contributed by atoms with Gasteiger partial charge in [0.05, 0.1) is 10.6 Å². The van der Waals surface area contributed by atoms with Crippen molar-refractivity contribution in [2.45, 2.75) is 17.7 Å². The number of benzene rings is 2. The van der Waals surface area contributed by atoms with Gasteiger partial charge >= 0.3 is 0 Å². The fourth-order valence-electron chi connectivity index (χ4n) is 2.07. The van der Waals surface area contributed by atoms with E-state index in [0.29, 0.717) is 11.3 Å². The highest BCUT2D eigenvalue weighted by molar-refractivity contribution is 7.92. The number of halogens is 2. The van der Waals surface area contributed by atoms with E-state index < -0.39 is 15.8 Å². The first-order chi connectivity index (χ1) is 9.87. The smallest absolute Gasteiger partial charge is 0.264 e. The molecule has 0 aliphatic carbocycles. The van der Waals surface area contributed by atoms with E-state index >= 15 is 0 Å². The lowest BCUT2D eigenvalue weighted by Crippen LogP contribution is -2.28. The van der Waals surface area contributed by atoms with Crippen molar-refractivity contribution in [2.75, 3.05) is 11.4 Å². The van der Waals surface area contributed by atoms with Crippen molar-refractivity contribution in [3.63, 3.8) is 0 Å². The van der Waals surface area contributed by atoms with Gasteiger partial charge in [-0.1, -0.05) is 24.3 Å². The summed E-state index contributed by atoms with van der Waals surface area (Å²) in [6, 6.07) is 10.7. The number of sulfonamides is 1. The maximum Gasteiger partial charge on any atom is 0.264 e. The number of anilines is 1. The highest BCUT2D eigenvalue weighted by Crippen LogP contribution is 2.28. The fourth-order valence-corrected chi connectivity index (χ4v) is 3.88. The Kier molecular flexibility index (Phi) is 4.54. The molecule has 0 amide bonds. The second-order valence-electron chi connectivity index (χ2n) is 4.64. The number of nitrogens with zero attached hydrogens (tertiary/aromatic N) is 1. The Balaban J connectivity index is 2.57. The van der Waals surface area contributed by atoms with Gasteiger partial charge in [0.2, 0.25) is 0 Å². The molecule has 0 aliphatic rings. The molecule has 2 aromatic carbocycles. The van der Waals surface area contributed by atoms with Crippen molar-refractivity contribution in [3.8, 4) is 0 Å². The molecule has 0 bridgehead atoms. The molecule has 2 aromatic rings. The standard InChI is InChI=1S/C15H15ClFNO2S/c1-11-5-3-4-6-14(11)18(2)21(19,20)15-9-13(17)8-7-12(15)10-16/h3-9H,10H2,1-2H3. The van der Waals surface area contributed by atoms with Gasteiger partial charge in [-0.2, -0.15) is 0 Å². The zero-order valence-corrected chi connectivity index (χ0v) is 13.2. The molecule has 0 heterocycles. The minimum absolute atomic E-state index is 0.00352. The molecule has 0 aliphatic heterocycles. The summed E-state index contributed by atoms with van der Waals surface area (Å²) in [6.07, 6.45) is 0. The lowest BCUT2D eigenvalue weighted by Gasteiger charge is -2.22. The number of hydrogen-bond acceptors (Lipinski definition) is 2. The molecule has 0 aromatic heterocycles. The van der Waals surface area contributed by atoms with E-state index in [1.807, 2.05) is 19.1 Å². The Morgan fingerprint density at radius 1 is 1.19 bits per heavy atom. The Hall–Kier alpha value is -1.59. The van der Waals surface area contributed by atoms with Crippen LogP contribution in [-0.2, 0) is 15.9 Å². The van der Waals surface area contributed by atoms with Crippen molar-refractivity contribution < 1.29 is 12.8 Å². The molecule has 0 radical (unpaired) electrons. The molecule has 0 fully saturated rings. The molecular weight excluding hydrogens is 313 g/mol. The predicted molar refractivity (Wildman–Crippen MR) is 82.7 cm³/mol. The van der Waals surface area contributed by atoms with Crippen molar-refractivity contribution in [1.29, 1.82) is 0 Å². The van der Waals surface area contributed by atoms with Crippen LogP contribution >= 0.6 is 11.6 Å². The largest absolute Gasteiger partial charge is 0.269 e. The normalized spacial score (nSPS) is 11.4. The topological polar surface area (TPSA) is 37.4 Å². The van der Waals surface area contributed by atoms with Crippen molar-refractivity contribution >= 4 is 27.3 Å². The second-order valence-corrected chi connectivity index (χ2v) is 6.85. The number of alkyl halides is 1. The van der Waals surface area contributed by atoms with Crippen LogP contribution in [0, 0.1) is 12.7 Å². The molecule has 0 atom stereocenters. The lowest BCUT2D eigenvalue weighted by atomic mass is 10.2. The lowest BCUT2D eigenvalue weighted by molar-refractivity contribution is 0.588.